The van der Waals surface area contributed by atoms with Gasteiger partial charge in [0, 0.05) is 6.07 Å². The zero-order valence-electron chi connectivity index (χ0n) is 14.7. The lowest BCUT2D eigenvalue weighted by atomic mass is 9.90. The fourth-order valence-electron chi connectivity index (χ4n) is 2.10. The van der Waals surface area contributed by atoms with Gasteiger partial charge in [0.25, 0.3) is 5.69 Å². The molecule has 9 heteroatoms. The van der Waals surface area contributed by atoms with Gasteiger partial charge in [0.1, 0.15) is 11.6 Å². The Bertz CT molecular complexity index is 785. The van der Waals surface area contributed by atoms with Crippen LogP contribution in [-0.2, 0) is 14.9 Å². The number of nitrogens with zero attached hydrogens (tertiary/aromatic N) is 5. The molecular weight excluding hydrogens is 326 g/mol. The number of aryl methyl sites for hydroxylation is 1. The molecule has 0 aliphatic rings. The number of carbonyl (C=O) groups is 1. The third-order valence-corrected chi connectivity index (χ3v) is 3.88. The van der Waals surface area contributed by atoms with Gasteiger partial charge in [-0.2, -0.15) is 0 Å². The predicted octanol–water partition coefficient (Wildman–Crippen LogP) is 2.50. The van der Waals surface area contributed by atoms with Crippen molar-refractivity contribution in [1.29, 1.82) is 0 Å². The summed E-state index contributed by atoms with van der Waals surface area (Å²) < 4.78 is 6.65. The smallest absolute Gasteiger partial charge is 0.317 e. The van der Waals surface area contributed by atoms with Gasteiger partial charge in [0.15, 0.2) is 0 Å². The average molecular weight is 347 g/mol. The van der Waals surface area contributed by atoms with E-state index in [2.05, 4.69) is 15.3 Å². The van der Waals surface area contributed by atoms with Crippen molar-refractivity contribution in [2.24, 2.45) is 0 Å². The lowest BCUT2D eigenvalue weighted by Gasteiger charge is -2.19. The number of hydrogen-bond acceptors (Lipinski definition) is 7. The van der Waals surface area contributed by atoms with Crippen LogP contribution in [-0.4, -0.2) is 37.5 Å². The van der Waals surface area contributed by atoms with Gasteiger partial charge in [-0.15, -0.1) is 5.10 Å². The highest BCUT2D eigenvalue weighted by Gasteiger charge is 2.35. The first-order valence-electron chi connectivity index (χ1n) is 7.98. The number of rotatable bonds is 7. The minimum absolute atomic E-state index is 0.143. The van der Waals surface area contributed by atoms with Crippen LogP contribution < -0.4 is 0 Å². The Kier molecular flexibility index (Phi) is 5.45. The Morgan fingerprint density at radius 1 is 1.44 bits per heavy atom. The molecule has 0 saturated heterocycles. The Labute approximate surface area is 145 Å². The first-order valence-corrected chi connectivity index (χ1v) is 7.98. The summed E-state index contributed by atoms with van der Waals surface area (Å²) in [5, 5.41) is 19.0. The quantitative estimate of drug-likeness (QED) is 0.327. The number of carbonyl (C=O) groups excluding carboxylic acids is 1. The Morgan fingerprint density at radius 3 is 2.80 bits per heavy atom. The van der Waals surface area contributed by atoms with Crippen molar-refractivity contribution in [3.63, 3.8) is 0 Å². The van der Waals surface area contributed by atoms with Crippen molar-refractivity contribution in [2.45, 2.75) is 46.0 Å². The Morgan fingerprint density at radius 2 is 2.16 bits per heavy atom. The number of hydrogen-bond donors (Lipinski definition) is 0. The zero-order chi connectivity index (χ0) is 18.6. The van der Waals surface area contributed by atoms with E-state index >= 15 is 0 Å². The van der Waals surface area contributed by atoms with Crippen molar-refractivity contribution in [2.75, 3.05) is 6.61 Å². The molecule has 0 amide bonds. The summed E-state index contributed by atoms with van der Waals surface area (Å²) in [5.74, 6) is -0.387. The molecule has 2 rings (SSSR count). The second-order valence-corrected chi connectivity index (χ2v) is 6.22. The fourth-order valence-corrected chi connectivity index (χ4v) is 2.10. The number of nitro groups is 1. The van der Waals surface area contributed by atoms with Crippen LogP contribution in [0.1, 0.15) is 45.0 Å². The third kappa shape index (κ3) is 3.98. The minimum atomic E-state index is -0.978. The maximum Gasteiger partial charge on any atom is 0.317 e. The summed E-state index contributed by atoms with van der Waals surface area (Å²) in [6, 6.07) is 1.37. The van der Waals surface area contributed by atoms with Crippen LogP contribution in [0.3, 0.4) is 0 Å². The van der Waals surface area contributed by atoms with Gasteiger partial charge in [0.2, 0.25) is 0 Å². The molecule has 0 bridgehead atoms. The molecule has 2 heterocycles. The van der Waals surface area contributed by atoms with Crippen LogP contribution in [0, 0.1) is 17.0 Å². The van der Waals surface area contributed by atoms with Crippen molar-refractivity contribution in [1.82, 2.24) is 20.0 Å². The van der Waals surface area contributed by atoms with Gasteiger partial charge in [-0.1, -0.05) is 18.6 Å². The Hall–Kier alpha value is -2.84. The molecule has 0 radical (unpaired) electrons. The van der Waals surface area contributed by atoms with Crippen LogP contribution in [0.5, 0.6) is 0 Å². The molecule has 0 spiro atoms. The van der Waals surface area contributed by atoms with Crippen LogP contribution in [0.4, 0.5) is 5.69 Å². The molecule has 0 aromatic carbocycles. The van der Waals surface area contributed by atoms with Crippen molar-refractivity contribution in [3.05, 3.63) is 40.0 Å². The normalized spacial score (nSPS) is 11.4. The molecule has 0 N–H and O–H groups in total. The summed E-state index contributed by atoms with van der Waals surface area (Å²) in [4.78, 5) is 26.7. The standard InChI is InChI=1S/C16H21N5O4/c1-5-6-7-25-15(22)16(3,4)14-10-20(19-18-14)13-8-12(21(23)24)9-17-11(13)2/h8-10H,5-7H2,1-4H3. The molecule has 134 valence electrons. The lowest BCUT2D eigenvalue weighted by molar-refractivity contribution is -0.385. The summed E-state index contributed by atoms with van der Waals surface area (Å²) in [6.45, 7) is 7.49. The molecular formula is C16H21N5O4. The van der Waals surface area contributed by atoms with Crippen LogP contribution in [0.15, 0.2) is 18.5 Å². The maximum absolute atomic E-state index is 12.3. The molecule has 25 heavy (non-hydrogen) atoms. The van der Waals surface area contributed by atoms with Crippen molar-refractivity contribution < 1.29 is 14.5 Å². The summed E-state index contributed by atoms with van der Waals surface area (Å²) >= 11 is 0. The van der Waals surface area contributed by atoms with E-state index in [1.54, 1.807) is 27.0 Å². The highest BCUT2D eigenvalue weighted by atomic mass is 16.6. The lowest BCUT2D eigenvalue weighted by Crippen LogP contribution is -2.31. The van der Waals surface area contributed by atoms with E-state index in [0.717, 1.165) is 12.8 Å². The second kappa shape index (κ2) is 7.37. The van der Waals surface area contributed by atoms with E-state index in [1.165, 1.54) is 16.9 Å². The largest absolute Gasteiger partial charge is 0.465 e. The van der Waals surface area contributed by atoms with E-state index in [4.69, 9.17) is 4.74 Å². The van der Waals surface area contributed by atoms with E-state index in [1.807, 2.05) is 6.92 Å². The van der Waals surface area contributed by atoms with Crippen molar-refractivity contribution >= 4 is 11.7 Å². The highest BCUT2D eigenvalue weighted by Crippen LogP contribution is 2.25. The number of ether oxygens (including phenoxy) is 1. The molecule has 0 atom stereocenters. The number of esters is 1. The first kappa shape index (κ1) is 18.5. The molecule has 0 aliphatic carbocycles. The van der Waals surface area contributed by atoms with Gasteiger partial charge >= 0.3 is 5.97 Å². The fraction of sp³-hybridized carbons (Fsp3) is 0.500. The SMILES string of the molecule is CCCCOC(=O)C(C)(C)c1cn(-c2cc([N+](=O)[O-])cnc2C)nn1. The minimum Gasteiger partial charge on any atom is -0.465 e. The van der Waals surface area contributed by atoms with Gasteiger partial charge in [0.05, 0.1) is 34.8 Å². The summed E-state index contributed by atoms with van der Waals surface area (Å²) in [6.07, 6.45) is 4.48. The number of aromatic nitrogens is 4. The maximum atomic E-state index is 12.3. The van der Waals surface area contributed by atoms with Gasteiger partial charge in [-0.05, 0) is 27.2 Å². The van der Waals surface area contributed by atoms with Crippen molar-refractivity contribution in [3.8, 4) is 5.69 Å². The molecule has 0 unspecified atom stereocenters. The molecule has 0 saturated carbocycles. The average Bonchev–Trinajstić information content (AvgIpc) is 3.05. The monoisotopic (exact) mass is 347 g/mol. The third-order valence-electron chi connectivity index (χ3n) is 3.88. The number of unbranched alkanes of at least 4 members (excludes halogenated alkanes) is 1. The highest BCUT2D eigenvalue weighted by molar-refractivity contribution is 5.81. The van der Waals surface area contributed by atoms with Crippen LogP contribution >= 0.6 is 0 Å². The van der Waals surface area contributed by atoms with Crippen LogP contribution in [0.25, 0.3) is 5.69 Å². The number of pyridine rings is 1. The van der Waals surface area contributed by atoms with E-state index in [0.29, 0.717) is 23.7 Å². The molecule has 9 nitrogen and oxygen atoms in total. The Balaban J connectivity index is 2.29. The topological polar surface area (TPSA) is 113 Å². The van der Waals surface area contributed by atoms with E-state index < -0.39 is 10.3 Å². The summed E-state index contributed by atoms with van der Waals surface area (Å²) in [7, 11) is 0. The second-order valence-electron chi connectivity index (χ2n) is 6.22. The van der Waals surface area contributed by atoms with Gasteiger partial charge in [-0.25, -0.2) is 4.68 Å². The van der Waals surface area contributed by atoms with Gasteiger partial charge in [-0.3, -0.25) is 19.9 Å². The summed E-state index contributed by atoms with van der Waals surface area (Å²) in [5.41, 5.74) is 0.290. The molecule has 0 fully saturated rings. The van der Waals surface area contributed by atoms with Crippen LogP contribution in [0.2, 0.25) is 0 Å². The first-order chi connectivity index (χ1) is 11.8. The molecule has 2 aromatic heterocycles. The predicted molar refractivity (Wildman–Crippen MR) is 89.4 cm³/mol. The zero-order valence-corrected chi connectivity index (χ0v) is 14.7. The molecule has 2 aromatic rings. The van der Waals surface area contributed by atoms with E-state index in [9.17, 15) is 14.9 Å². The van der Waals surface area contributed by atoms with Gasteiger partial charge < -0.3 is 4.74 Å². The molecule has 0 aliphatic heterocycles. The van der Waals surface area contributed by atoms with E-state index in [-0.39, 0.29) is 11.7 Å².